The standard InChI is InChI=1S/C2H18SSi6/c1-9(2,7(3)4)8(5)6/h3,7-8H,1-2,4-6H3/t7-/m0/s1. The summed E-state index contributed by atoms with van der Waals surface area (Å²) in [6, 6.07) is 0. The third kappa shape index (κ3) is 3.03. The van der Waals surface area contributed by atoms with Gasteiger partial charge in [-0.1, -0.05) is 13.1 Å². The van der Waals surface area contributed by atoms with Crippen LogP contribution in [0.5, 0.6) is 0 Å². The van der Waals surface area contributed by atoms with Gasteiger partial charge in [-0.15, -0.1) is 0 Å². The quantitative estimate of drug-likeness (QED) is 0.374. The fraction of sp³-hybridized carbons (Fsp3) is 1.00. The summed E-state index contributed by atoms with van der Waals surface area (Å²) < 4.78 is 0. The maximum atomic E-state index is 4.76. The first kappa shape index (κ1) is 10.7. The molecule has 0 nitrogen and oxygen atoms in total. The normalized spacial score (nSPS) is 20.3. The van der Waals surface area contributed by atoms with Gasteiger partial charge >= 0.3 is 0 Å². The zero-order valence-corrected chi connectivity index (χ0v) is 17.3. The van der Waals surface area contributed by atoms with Crippen LogP contribution in [0.4, 0.5) is 0 Å². The molecule has 0 N–H and O–H groups in total. The van der Waals surface area contributed by atoms with Crippen molar-refractivity contribution >= 4 is 62.8 Å². The van der Waals surface area contributed by atoms with Gasteiger partial charge in [-0.3, -0.25) is 0 Å². The van der Waals surface area contributed by atoms with Crippen LogP contribution in [0.1, 0.15) is 0 Å². The zero-order chi connectivity index (χ0) is 7.65. The Labute approximate surface area is 75.7 Å². The maximum absolute atomic E-state index is 4.76. The molecule has 7 heteroatoms. The van der Waals surface area contributed by atoms with Crippen LogP contribution in [0.15, 0.2) is 0 Å². The van der Waals surface area contributed by atoms with Crippen molar-refractivity contribution in [1.82, 2.24) is 0 Å². The van der Waals surface area contributed by atoms with E-state index in [1.807, 2.05) is 0 Å². The van der Waals surface area contributed by atoms with Crippen LogP contribution in [-0.4, -0.2) is 50.7 Å². The highest BCUT2D eigenvalue weighted by atomic mass is 32.3. The summed E-state index contributed by atoms with van der Waals surface area (Å²) in [6.07, 6.45) is 0. The summed E-state index contributed by atoms with van der Waals surface area (Å²) in [4.78, 5) is 0. The second kappa shape index (κ2) is 3.88. The monoisotopic (exact) mass is 242 g/mol. The Kier molecular flexibility index (Phi) is 4.59. The van der Waals surface area contributed by atoms with Crippen molar-refractivity contribution in [3.05, 3.63) is 0 Å². The van der Waals surface area contributed by atoms with Gasteiger partial charge in [0.2, 0.25) is 0 Å². The first-order valence-electron chi connectivity index (χ1n) is 3.57. The Hall–Kier alpha value is 1.65. The molecule has 0 aromatic carbocycles. The molecule has 0 rings (SSSR count). The molecule has 0 heterocycles. The molecule has 0 aromatic rings. The maximum Gasteiger partial charge on any atom is 0.0693 e. The molecule has 0 aromatic heterocycles. The highest BCUT2D eigenvalue weighted by molar-refractivity contribution is 8.27. The lowest BCUT2D eigenvalue weighted by Gasteiger charge is -2.28. The van der Waals surface area contributed by atoms with Gasteiger partial charge in [0.15, 0.2) is 0 Å². The van der Waals surface area contributed by atoms with Gasteiger partial charge in [0.1, 0.15) is 0 Å². The molecule has 0 bridgehead atoms. The highest BCUT2D eigenvalue weighted by Gasteiger charge is 2.30. The largest absolute Gasteiger partial charge is 0.213 e. The molecule has 1 atom stereocenters. The Bertz CT molecular complexity index is 79.1. The van der Waals surface area contributed by atoms with Crippen molar-refractivity contribution in [2.45, 2.75) is 13.1 Å². The molecule has 0 spiro atoms. The Balaban J connectivity index is 4.01. The third-order valence-corrected chi connectivity index (χ3v) is 100. The molecule has 0 saturated heterocycles. The molecular formula is C2H18SSi6. The zero-order valence-electron chi connectivity index (χ0n) is 7.10. The number of thiol groups is 1. The molecule has 0 fully saturated rings. The first-order chi connectivity index (χ1) is 3.89. The fourth-order valence-electron chi connectivity index (χ4n) is 0.482. The minimum absolute atomic E-state index is 0.000772. The van der Waals surface area contributed by atoms with Crippen LogP contribution in [0.25, 0.3) is 0 Å². The average molecular weight is 243 g/mol. The van der Waals surface area contributed by atoms with Crippen LogP contribution in [0.2, 0.25) is 13.1 Å². The Morgan fingerprint density at radius 2 is 1.56 bits per heavy atom. The predicted molar refractivity (Wildman–Crippen MR) is 70.6 cm³/mol. The van der Waals surface area contributed by atoms with E-state index in [0.29, 0.717) is 0 Å². The molecule has 56 valence electrons. The van der Waals surface area contributed by atoms with Crippen LogP contribution < -0.4 is 0 Å². The molecule has 0 unspecified atom stereocenters. The number of hydrogen-bond donors (Lipinski definition) is 1. The smallest absolute Gasteiger partial charge is 0.0693 e. The highest BCUT2D eigenvalue weighted by Crippen LogP contribution is 2.07. The molecule has 0 amide bonds. The average Bonchev–Trinajstić information content (AvgIpc) is 1.65. The summed E-state index contributed by atoms with van der Waals surface area (Å²) in [5.41, 5.74) is 0. The molecule has 0 aliphatic heterocycles. The van der Waals surface area contributed by atoms with Gasteiger partial charge in [-0.2, -0.15) is 0 Å². The third-order valence-electron chi connectivity index (χ3n) is 2.56. The predicted octanol–water partition coefficient (Wildman–Crippen LogP) is -3.68. The van der Waals surface area contributed by atoms with E-state index < -0.39 is 7.11 Å². The van der Waals surface area contributed by atoms with Crippen LogP contribution >= 0.6 is 12.1 Å². The van der Waals surface area contributed by atoms with Crippen molar-refractivity contribution in [3.63, 3.8) is 0 Å². The van der Waals surface area contributed by atoms with Crippen molar-refractivity contribution in [1.29, 1.82) is 0 Å². The Morgan fingerprint density at radius 3 is 1.56 bits per heavy atom. The fourth-order valence-corrected chi connectivity index (χ4v) is 117. The SMILES string of the molecule is C[Si](C)([SiH]([SiH3])[SiH3])[Si@H]([SiH3])S. The second-order valence-electron chi connectivity index (χ2n) is 3.65. The summed E-state index contributed by atoms with van der Waals surface area (Å²) in [5.74, 6) is 0. The van der Waals surface area contributed by atoms with Gasteiger partial charge in [0.05, 0.1) is 6.98 Å². The van der Waals surface area contributed by atoms with Crippen molar-refractivity contribution in [3.8, 4) is 0 Å². The number of rotatable bonds is 2. The van der Waals surface area contributed by atoms with E-state index in [0.717, 1.165) is 0 Å². The molecule has 9 heavy (non-hydrogen) atoms. The lowest BCUT2D eigenvalue weighted by atomic mass is 11.9. The van der Waals surface area contributed by atoms with E-state index in [9.17, 15) is 0 Å². The van der Waals surface area contributed by atoms with Gasteiger partial charge in [-0.05, 0) is 19.5 Å². The van der Waals surface area contributed by atoms with Gasteiger partial charge in [0.25, 0.3) is 0 Å². The van der Waals surface area contributed by atoms with E-state index in [1.54, 1.807) is 19.5 Å². The van der Waals surface area contributed by atoms with Crippen molar-refractivity contribution in [2.75, 3.05) is 0 Å². The molecule has 0 saturated carbocycles. The van der Waals surface area contributed by atoms with Crippen molar-refractivity contribution in [2.24, 2.45) is 0 Å². The number of hydrogen-bond acceptors (Lipinski definition) is 1. The second-order valence-corrected chi connectivity index (χ2v) is 65.8. The van der Waals surface area contributed by atoms with E-state index in [-0.39, 0.29) is 14.3 Å². The van der Waals surface area contributed by atoms with Gasteiger partial charge < -0.3 is 0 Å². The Morgan fingerprint density at radius 1 is 1.22 bits per heavy atom. The van der Waals surface area contributed by atoms with Crippen LogP contribution in [0, 0.1) is 0 Å². The molecular weight excluding hydrogens is 225 g/mol. The van der Waals surface area contributed by atoms with E-state index in [4.69, 9.17) is 12.1 Å². The molecule has 0 radical (unpaired) electrons. The van der Waals surface area contributed by atoms with Crippen molar-refractivity contribution < 1.29 is 0 Å². The minimum atomic E-state index is -0.531. The van der Waals surface area contributed by atoms with Crippen LogP contribution in [0.3, 0.4) is 0 Å². The molecule has 0 aliphatic carbocycles. The lowest BCUT2D eigenvalue weighted by Crippen LogP contribution is -2.57. The van der Waals surface area contributed by atoms with E-state index >= 15 is 0 Å². The first-order valence-corrected chi connectivity index (χ1v) is 26.1. The minimum Gasteiger partial charge on any atom is -0.213 e. The van der Waals surface area contributed by atoms with Crippen LogP contribution in [-0.2, 0) is 0 Å². The topological polar surface area (TPSA) is 0 Å². The summed E-state index contributed by atoms with van der Waals surface area (Å²) in [5, 5.41) is 0. The lowest BCUT2D eigenvalue weighted by molar-refractivity contribution is 2.05. The van der Waals surface area contributed by atoms with Gasteiger partial charge in [0, 0.05) is 24.2 Å². The van der Waals surface area contributed by atoms with E-state index in [2.05, 4.69) is 13.1 Å². The molecule has 0 aliphatic rings. The summed E-state index contributed by atoms with van der Waals surface area (Å²) in [6.45, 7) is 4.92. The van der Waals surface area contributed by atoms with E-state index in [1.165, 1.54) is 9.76 Å². The van der Waals surface area contributed by atoms with Gasteiger partial charge in [-0.25, -0.2) is 12.1 Å². The summed E-state index contributed by atoms with van der Waals surface area (Å²) >= 11 is 4.76. The summed E-state index contributed by atoms with van der Waals surface area (Å²) in [7, 11) is 4.13.